The fourth-order valence-electron chi connectivity index (χ4n) is 1.73. The zero-order valence-corrected chi connectivity index (χ0v) is 9.07. The molecule has 2 aromatic carbocycles. The number of hydrogen-bond donors (Lipinski definition) is 0. The van der Waals surface area contributed by atoms with Crippen molar-refractivity contribution in [3.8, 4) is 0 Å². The van der Waals surface area contributed by atoms with Gasteiger partial charge in [-0.3, -0.25) is 0 Å². The highest BCUT2D eigenvalue weighted by atomic mass is 16.5. The Morgan fingerprint density at radius 2 is 1.80 bits per heavy atom. The van der Waals surface area contributed by atoms with Gasteiger partial charge in [0.2, 0.25) is 0 Å². The van der Waals surface area contributed by atoms with Crippen molar-refractivity contribution in [1.29, 1.82) is 0 Å². The lowest BCUT2D eigenvalue weighted by Gasteiger charge is -2.03. The maximum absolute atomic E-state index is 5.35. The van der Waals surface area contributed by atoms with Gasteiger partial charge < -0.3 is 4.74 Å². The van der Waals surface area contributed by atoms with Crippen molar-refractivity contribution in [3.05, 3.63) is 48.0 Å². The monoisotopic (exact) mass is 200 g/mol. The maximum atomic E-state index is 5.35. The fraction of sp³-hybridized carbons (Fsp3) is 0.286. The summed E-state index contributed by atoms with van der Waals surface area (Å²) in [5.74, 6) is 0. The normalized spacial score (nSPS) is 10.7. The lowest BCUT2D eigenvalue weighted by atomic mass is 10.1. The van der Waals surface area contributed by atoms with Crippen LogP contribution >= 0.6 is 0 Å². The third-order valence-electron chi connectivity index (χ3n) is 2.55. The SMILES string of the molecule is CCOCCc1ccc2ccccc2c1. The molecule has 0 saturated carbocycles. The second kappa shape index (κ2) is 4.94. The molecule has 0 aliphatic heterocycles. The summed E-state index contributed by atoms with van der Waals surface area (Å²) < 4.78 is 5.35. The minimum atomic E-state index is 0.799. The summed E-state index contributed by atoms with van der Waals surface area (Å²) in [5.41, 5.74) is 1.35. The van der Waals surface area contributed by atoms with Crippen LogP contribution in [0.15, 0.2) is 42.5 Å². The Labute approximate surface area is 90.7 Å². The second-order valence-electron chi connectivity index (χ2n) is 3.63. The van der Waals surface area contributed by atoms with Gasteiger partial charge in [-0.1, -0.05) is 42.5 Å². The first-order valence-corrected chi connectivity index (χ1v) is 5.45. The summed E-state index contributed by atoms with van der Waals surface area (Å²) in [4.78, 5) is 0. The number of hydrogen-bond acceptors (Lipinski definition) is 1. The van der Waals surface area contributed by atoms with E-state index in [1.54, 1.807) is 0 Å². The molecular weight excluding hydrogens is 184 g/mol. The van der Waals surface area contributed by atoms with E-state index in [0.29, 0.717) is 0 Å². The Hall–Kier alpha value is -1.34. The summed E-state index contributed by atoms with van der Waals surface area (Å²) in [6.45, 7) is 3.64. The molecule has 2 aromatic rings. The molecule has 0 radical (unpaired) electrons. The van der Waals surface area contributed by atoms with Crippen LogP contribution in [-0.2, 0) is 11.2 Å². The van der Waals surface area contributed by atoms with Crippen molar-refractivity contribution in [2.75, 3.05) is 13.2 Å². The molecule has 2 rings (SSSR count). The van der Waals surface area contributed by atoms with E-state index in [4.69, 9.17) is 4.74 Å². The molecule has 0 heterocycles. The summed E-state index contributed by atoms with van der Waals surface area (Å²) >= 11 is 0. The van der Waals surface area contributed by atoms with Gasteiger partial charge in [0.15, 0.2) is 0 Å². The zero-order valence-electron chi connectivity index (χ0n) is 9.07. The average Bonchev–Trinajstić information content (AvgIpc) is 2.29. The Kier molecular flexibility index (Phi) is 3.36. The van der Waals surface area contributed by atoms with Crippen LogP contribution in [-0.4, -0.2) is 13.2 Å². The molecule has 0 amide bonds. The number of ether oxygens (including phenoxy) is 1. The van der Waals surface area contributed by atoms with Gasteiger partial charge in [0, 0.05) is 6.61 Å². The molecule has 0 spiro atoms. The van der Waals surface area contributed by atoms with Crippen molar-refractivity contribution < 1.29 is 4.74 Å². The van der Waals surface area contributed by atoms with Crippen LogP contribution in [0.3, 0.4) is 0 Å². The molecule has 15 heavy (non-hydrogen) atoms. The molecule has 0 unspecified atom stereocenters. The number of rotatable bonds is 4. The summed E-state index contributed by atoms with van der Waals surface area (Å²) in [7, 11) is 0. The molecule has 0 N–H and O–H groups in total. The van der Waals surface area contributed by atoms with Crippen LogP contribution in [0, 0.1) is 0 Å². The van der Waals surface area contributed by atoms with Crippen LogP contribution in [0.1, 0.15) is 12.5 Å². The molecule has 0 fully saturated rings. The molecule has 0 aromatic heterocycles. The van der Waals surface area contributed by atoms with Gasteiger partial charge in [-0.15, -0.1) is 0 Å². The smallest absolute Gasteiger partial charge is 0.0506 e. The highest BCUT2D eigenvalue weighted by Crippen LogP contribution is 2.15. The topological polar surface area (TPSA) is 9.23 Å². The molecular formula is C14H16O. The average molecular weight is 200 g/mol. The third kappa shape index (κ3) is 2.57. The fourth-order valence-corrected chi connectivity index (χ4v) is 1.73. The molecule has 1 heteroatoms. The van der Waals surface area contributed by atoms with Crippen molar-refractivity contribution in [2.24, 2.45) is 0 Å². The van der Waals surface area contributed by atoms with Crippen molar-refractivity contribution in [2.45, 2.75) is 13.3 Å². The molecule has 0 aliphatic carbocycles. The van der Waals surface area contributed by atoms with E-state index in [9.17, 15) is 0 Å². The van der Waals surface area contributed by atoms with E-state index in [1.165, 1.54) is 16.3 Å². The van der Waals surface area contributed by atoms with Crippen molar-refractivity contribution in [3.63, 3.8) is 0 Å². The third-order valence-corrected chi connectivity index (χ3v) is 2.55. The van der Waals surface area contributed by atoms with Gasteiger partial charge in [0.05, 0.1) is 6.61 Å². The van der Waals surface area contributed by atoms with Gasteiger partial charge >= 0.3 is 0 Å². The van der Waals surface area contributed by atoms with E-state index in [-0.39, 0.29) is 0 Å². The minimum absolute atomic E-state index is 0.799. The largest absolute Gasteiger partial charge is 0.381 e. The van der Waals surface area contributed by atoms with Gasteiger partial charge in [-0.2, -0.15) is 0 Å². The van der Waals surface area contributed by atoms with Crippen LogP contribution < -0.4 is 0 Å². The first-order chi connectivity index (χ1) is 7.40. The number of benzene rings is 2. The lowest BCUT2D eigenvalue weighted by molar-refractivity contribution is 0.151. The van der Waals surface area contributed by atoms with Crippen LogP contribution in [0.4, 0.5) is 0 Å². The maximum Gasteiger partial charge on any atom is 0.0506 e. The van der Waals surface area contributed by atoms with Crippen LogP contribution in [0.5, 0.6) is 0 Å². The first kappa shape index (κ1) is 10.2. The quantitative estimate of drug-likeness (QED) is 0.687. The Morgan fingerprint density at radius 1 is 1.00 bits per heavy atom. The highest BCUT2D eigenvalue weighted by Gasteiger charge is 1.95. The Balaban J connectivity index is 2.16. The van der Waals surface area contributed by atoms with Crippen LogP contribution in [0.2, 0.25) is 0 Å². The molecule has 0 atom stereocenters. The summed E-state index contributed by atoms with van der Waals surface area (Å²) in [5, 5.41) is 2.61. The van der Waals surface area contributed by atoms with E-state index in [2.05, 4.69) is 42.5 Å². The molecule has 0 bridgehead atoms. The van der Waals surface area contributed by atoms with E-state index >= 15 is 0 Å². The van der Waals surface area contributed by atoms with Gasteiger partial charge in [-0.05, 0) is 29.7 Å². The van der Waals surface area contributed by atoms with Crippen molar-refractivity contribution in [1.82, 2.24) is 0 Å². The van der Waals surface area contributed by atoms with Crippen LogP contribution in [0.25, 0.3) is 10.8 Å². The van der Waals surface area contributed by atoms with E-state index < -0.39 is 0 Å². The van der Waals surface area contributed by atoms with Gasteiger partial charge in [0.1, 0.15) is 0 Å². The lowest BCUT2D eigenvalue weighted by Crippen LogP contribution is -1.97. The summed E-state index contributed by atoms with van der Waals surface area (Å²) in [6.07, 6.45) is 0.999. The van der Waals surface area contributed by atoms with E-state index in [1.807, 2.05) is 6.92 Å². The molecule has 0 aliphatic rings. The molecule has 78 valence electrons. The molecule has 0 saturated heterocycles. The summed E-state index contributed by atoms with van der Waals surface area (Å²) in [6, 6.07) is 15.0. The first-order valence-electron chi connectivity index (χ1n) is 5.45. The Bertz CT molecular complexity index is 434. The number of fused-ring (bicyclic) bond motifs is 1. The second-order valence-corrected chi connectivity index (χ2v) is 3.63. The molecule has 1 nitrogen and oxygen atoms in total. The van der Waals surface area contributed by atoms with Gasteiger partial charge in [-0.25, -0.2) is 0 Å². The Morgan fingerprint density at radius 3 is 2.60 bits per heavy atom. The van der Waals surface area contributed by atoms with Crippen molar-refractivity contribution >= 4 is 10.8 Å². The van der Waals surface area contributed by atoms with Gasteiger partial charge in [0.25, 0.3) is 0 Å². The highest BCUT2D eigenvalue weighted by molar-refractivity contribution is 5.82. The minimum Gasteiger partial charge on any atom is -0.381 e. The van der Waals surface area contributed by atoms with E-state index in [0.717, 1.165) is 19.6 Å². The zero-order chi connectivity index (χ0) is 10.5. The predicted molar refractivity (Wildman–Crippen MR) is 64.1 cm³/mol. The standard InChI is InChI=1S/C14H16O/c1-2-15-10-9-12-7-8-13-5-3-4-6-14(13)11-12/h3-8,11H,2,9-10H2,1H3. The predicted octanol–water partition coefficient (Wildman–Crippen LogP) is 3.42.